The Balaban J connectivity index is 3.84. The van der Waals surface area contributed by atoms with Crippen LogP contribution >= 0.6 is 0 Å². The third-order valence-electron chi connectivity index (χ3n) is 2.21. The predicted molar refractivity (Wildman–Crippen MR) is 50.9 cm³/mol. The van der Waals surface area contributed by atoms with Gasteiger partial charge in [-0.3, -0.25) is 0 Å². The molecule has 0 aliphatic rings. The lowest BCUT2D eigenvalue weighted by Gasteiger charge is -2.18. The summed E-state index contributed by atoms with van der Waals surface area (Å²) in [7, 11) is 0. The predicted octanol–water partition coefficient (Wildman–Crippen LogP) is 1.58. The second-order valence-electron chi connectivity index (χ2n) is 3.76. The quantitative estimate of drug-likeness (QED) is 0.618. The van der Waals surface area contributed by atoms with E-state index >= 15 is 0 Å². The molecule has 0 fully saturated rings. The molecule has 0 aromatic rings. The molecule has 12 heavy (non-hydrogen) atoms. The zero-order valence-electron chi connectivity index (χ0n) is 8.25. The summed E-state index contributed by atoms with van der Waals surface area (Å²) in [6.07, 6.45) is 0.269. The minimum atomic E-state index is -0.327. The van der Waals surface area contributed by atoms with E-state index in [1.807, 2.05) is 20.8 Å². The van der Waals surface area contributed by atoms with Gasteiger partial charge >= 0.3 is 0 Å². The van der Waals surface area contributed by atoms with Crippen molar-refractivity contribution in [2.24, 2.45) is 11.8 Å². The summed E-state index contributed by atoms with van der Waals surface area (Å²) in [6, 6.07) is 0. The summed E-state index contributed by atoms with van der Waals surface area (Å²) in [5.41, 5.74) is 0.929. The molecule has 0 bridgehead atoms. The maximum Gasteiger partial charge on any atom is 0.0600 e. The number of hydrogen-bond acceptors (Lipinski definition) is 2. The average Bonchev–Trinajstić information content (AvgIpc) is 2.02. The lowest BCUT2D eigenvalue weighted by atomic mass is 9.93. The van der Waals surface area contributed by atoms with Crippen molar-refractivity contribution in [2.45, 2.75) is 33.3 Å². The standard InChI is InChI=1S/C10H20O2/c1-7(2)10(12)5-8(3)9(4)6-11/h7,9-12H,3,5-6H2,1-2,4H3/t9-,10+/m0/s1. The van der Waals surface area contributed by atoms with E-state index in [1.54, 1.807) is 0 Å². The van der Waals surface area contributed by atoms with Gasteiger partial charge in [0.1, 0.15) is 0 Å². The van der Waals surface area contributed by atoms with Crippen molar-refractivity contribution in [3.63, 3.8) is 0 Å². The molecule has 0 aliphatic carbocycles. The van der Waals surface area contributed by atoms with Crippen LogP contribution in [0.4, 0.5) is 0 Å². The van der Waals surface area contributed by atoms with E-state index in [4.69, 9.17) is 5.11 Å². The van der Waals surface area contributed by atoms with Crippen molar-refractivity contribution in [2.75, 3.05) is 6.61 Å². The van der Waals surface area contributed by atoms with Crippen LogP contribution in [0.2, 0.25) is 0 Å². The van der Waals surface area contributed by atoms with Crippen LogP contribution in [-0.2, 0) is 0 Å². The van der Waals surface area contributed by atoms with E-state index in [-0.39, 0.29) is 24.5 Å². The van der Waals surface area contributed by atoms with E-state index in [9.17, 15) is 5.11 Å². The highest BCUT2D eigenvalue weighted by Gasteiger charge is 2.13. The van der Waals surface area contributed by atoms with Gasteiger partial charge < -0.3 is 10.2 Å². The van der Waals surface area contributed by atoms with Gasteiger partial charge in [-0.15, -0.1) is 0 Å². The SMILES string of the molecule is C=C(C[C@@H](O)C(C)C)[C@@H](C)CO. The van der Waals surface area contributed by atoms with Gasteiger partial charge in [-0.25, -0.2) is 0 Å². The van der Waals surface area contributed by atoms with Crippen molar-refractivity contribution in [1.29, 1.82) is 0 Å². The van der Waals surface area contributed by atoms with Crippen LogP contribution in [0.15, 0.2) is 12.2 Å². The topological polar surface area (TPSA) is 40.5 Å². The van der Waals surface area contributed by atoms with E-state index in [1.165, 1.54) is 0 Å². The van der Waals surface area contributed by atoms with Gasteiger partial charge in [0.05, 0.1) is 6.10 Å². The monoisotopic (exact) mass is 172 g/mol. The van der Waals surface area contributed by atoms with E-state index in [0.29, 0.717) is 6.42 Å². The lowest BCUT2D eigenvalue weighted by Crippen LogP contribution is -2.18. The van der Waals surface area contributed by atoms with Gasteiger partial charge in [0.15, 0.2) is 0 Å². The molecule has 0 spiro atoms. The lowest BCUT2D eigenvalue weighted by molar-refractivity contribution is 0.121. The molecule has 0 aromatic heterocycles. The Morgan fingerprint density at radius 1 is 1.33 bits per heavy atom. The molecule has 0 aromatic carbocycles. The molecule has 0 heterocycles. The van der Waals surface area contributed by atoms with Crippen LogP contribution in [0, 0.1) is 11.8 Å². The van der Waals surface area contributed by atoms with Gasteiger partial charge in [-0.05, 0) is 18.3 Å². The van der Waals surface area contributed by atoms with Gasteiger partial charge in [0.25, 0.3) is 0 Å². The zero-order valence-corrected chi connectivity index (χ0v) is 8.25. The first-order chi connectivity index (χ1) is 5.49. The molecule has 2 heteroatoms. The molecule has 2 nitrogen and oxygen atoms in total. The van der Waals surface area contributed by atoms with Crippen molar-refractivity contribution in [3.05, 3.63) is 12.2 Å². The molecule has 72 valence electrons. The highest BCUT2D eigenvalue weighted by Crippen LogP contribution is 2.17. The molecule has 0 aliphatic heterocycles. The Hall–Kier alpha value is -0.340. The van der Waals surface area contributed by atoms with Crippen LogP contribution in [0.1, 0.15) is 27.2 Å². The summed E-state index contributed by atoms with van der Waals surface area (Å²) in [4.78, 5) is 0. The maximum atomic E-state index is 9.50. The van der Waals surface area contributed by atoms with Gasteiger partial charge in [0.2, 0.25) is 0 Å². The van der Waals surface area contributed by atoms with E-state index in [2.05, 4.69) is 6.58 Å². The first-order valence-corrected chi connectivity index (χ1v) is 4.45. The number of aliphatic hydroxyl groups is 2. The largest absolute Gasteiger partial charge is 0.396 e. The minimum Gasteiger partial charge on any atom is -0.396 e. The molecule has 0 rings (SSSR count). The molecule has 0 radical (unpaired) electrons. The molecular weight excluding hydrogens is 152 g/mol. The summed E-state index contributed by atoms with van der Waals surface area (Å²) >= 11 is 0. The fourth-order valence-corrected chi connectivity index (χ4v) is 0.835. The normalized spacial score (nSPS) is 16.2. The maximum absolute atomic E-state index is 9.50. The molecule has 2 N–H and O–H groups in total. The third-order valence-corrected chi connectivity index (χ3v) is 2.21. The average molecular weight is 172 g/mol. The number of hydrogen-bond donors (Lipinski definition) is 2. The smallest absolute Gasteiger partial charge is 0.0600 e. The highest BCUT2D eigenvalue weighted by atomic mass is 16.3. The Morgan fingerprint density at radius 3 is 2.17 bits per heavy atom. The Labute approximate surface area is 74.9 Å². The van der Waals surface area contributed by atoms with Gasteiger partial charge in [0, 0.05) is 6.61 Å². The molecule has 0 unspecified atom stereocenters. The molecule has 0 saturated carbocycles. The molecule has 0 saturated heterocycles. The van der Waals surface area contributed by atoms with Gasteiger partial charge in [-0.1, -0.05) is 32.9 Å². The first-order valence-electron chi connectivity index (χ1n) is 4.45. The summed E-state index contributed by atoms with van der Waals surface area (Å²) in [6.45, 7) is 9.80. The van der Waals surface area contributed by atoms with E-state index in [0.717, 1.165) is 5.57 Å². The van der Waals surface area contributed by atoms with Gasteiger partial charge in [-0.2, -0.15) is 0 Å². The van der Waals surface area contributed by atoms with Crippen molar-refractivity contribution < 1.29 is 10.2 Å². The summed E-state index contributed by atoms with van der Waals surface area (Å²) in [5.74, 6) is 0.353. The van der Waals surface area contributed by atoms with Crippen LogP contribution < -0.4 is 0 Å². The Morgan fingerprint density at radius 2 is 1.83 bits per heavy atom. The van der Waals surface area contributed by atoms with Crippen molar-refractivity contribution >= 4 is 0 Å². The molecule has 0 amide bonds. The Kier molecular flexibility index (Phi) is 5.18. The van der Waals surface area contributed by atoms with Crippen LogP contribution in [0.25, 0.3) is 0 Å². The second-order valence-corrected chi connectivity index (χ2v) is 3.76. The summed E-state index contributed by atoms with van der Waals surface area (Å²) in [5, 5.41) is 18.3. The number of rotatable bonds is 5. The summed E-state index contributed by atoms with van der Waals surface area (Å²) < 4.78 is 0. The molecule has 2 atom stereocenters. The Bertz CT molecular complexity index is 141. The fourth-order valence-electron chi connectivity index (χ4n) is 0.835. The fraction of sp³-hybridized carbons (Fsp3) is 0.800. The van der Waals surface area contributed by atoms with Crippen LogP contribution in [0.3, 0.4) is 0 Å². The first kappa shape index (κ1) is 11.7. The number of aliphatic hydroxyl groups excluding tert-OH is 2. The minimum absolute atomic E-state index is 0.0957. The van der Waals surface area contributed by atoms with E-state index < -0.39 is 0 Å². The second kappa shape index (κ2) is 5.33. The van der Waals surface area contributed by atoms with Crippen molar-refractivity contribution in [3.8, 4) is 0 Å². The van der Waals surface area contributed by atoms with Crippen LogP contribution in [0.5, 0.6) is 0 Å². The van der Waals surface area contributed by atoms with Crippen LogP contribution in [-0.4, -0.2) is 22.9 Å². The third kappa shape index (κ3) is 3.88. The van der Waals surface area contributed by atoms with Crippen molar-refractivity contribution in [1.82, 2.24) is 0 Å². The molecular formula is C10H20O2. The highest BCUT2D eigenvalue weighted by molar-refractivity contribution is 5.00. The zero-order chi connectivity index (χ0) is 9.72.